The molecule has 158 valence electrons. The van der Waals surface area contributed by atoms with E-state index in [1.807, 2.05) is 46.6 Å². The second kappa shape index (κ2) is 8.49. The highest BCUT2D eigenvalue weighted by Crippen LogP contribution is 2.39. The van der Waals surface area contributed by atoms with E-state index in [1.54, 1.807) is 17.5 Å². The van der Waals surface area contributed by atoms with Gasteiger partial charge in [0.2, 0.25) is 5.91 Å². The maximum Gasteiger partial charge on any atom is 0.226 e. The van der Waals surface area contributed by atoms with Crippen molar-refractivity contribution in [3.63, 3.8) is 0 Å². The molecular weight excluding hydrogens is 454 g/mol. The second-order valence-electron chi connectivity index (χ2n) is 7.12. The third kappa shape index (κ3) is 4.26. The Kier molecular flexibility index (Phi) is 5.56. The van der Waals surface area contributed by atoms with Crippen LogP contribution in [-0.4, -0.2) is 44.2 Å². The molecule has 0 saturated heterocycles. The minimum Gasteiger partial charge on any atom is -0.486 e. The second-order valence-corrected chi connectivity index (χ2v) is 9.18. The lowest BCUT2D eigenvalue weighted by atomic mass is 10.0. The number of halogens is 1. The molecule has 5 rings (SSSR count). The molecule has 1 aliphatic rings. The number of imidazole rings is 1. The fraction of sp³-hybridized carbons (Fsp3) is 0.238. The normalized spacial score (nSPS) is 15.1. The highest BCUT2D eigenvalue weighted by Gasteiger charge is 2.26. The molecule has 4 heterocycles. The Labute approximate surface area is 191 Å². The van der Waals surface area contributed by atoms with Crippen molar-refractivity contribution in [2.45, 2.75) is 24.1 Å². The van der Waals surface area contributed by atoms with Gasteiger partial charge in [-0.3, -0.25) is 9.20 Å². The first-order chi connectivity index (χ1) is 15.1. The van der Waals surface area contributed by atoms with E-state index >= 15 is 0 Å². The molecule has 1 unspecified atom stereocenters. The summed E-state index contributed by atoms with van der Waals surface area (Å²) < 4.78 is 7.93. The number of hydrogen-bond acceptors (Lipinski definition) is 7. The molecule has 1 N–H and O–H groups in total. The summed E-state index contributed by atoms with van der Waals surface area (Å²) in [5, 5.41) is 6.17. The van der Waals surface area contributed by atoms with Crippen molar-refractivity contribution < 1.29 is 9.53 Å². The molecule has 0 radical (unpaired) electrons. The molecule has 31 heavy (non-hydrogen) atoms. The Hall–Kier alpha value is -2.62. The number of benzene rings is 1. The summed E-state index contributed by atoms with van der Waals surface area (Å²) in [6.07, 6.45) is 8.24. The number of ether oxygens (including phenoxy) is 1. The number of thioether (sulfide) groups is 1. The van der Waals surface area contributed by atoms with E-state index in [1.165, 1.54) is 11.8 Å². The number of nitrogens with one attached hydrogen (secondary N) is 1. The number of rotatable bonds is 6. The molecule has 0 saturated carbocycles. The molecule has 3 aromatic heterocycles. The van der Waals surface area contributed by atoms with Crippen LogP contribution >= 0.6 is 34.7 Å². The summed E-state index contributed by atoms with van der Waals surface area (Å²) in [4.78, 5) is 26.5. The van der Waals surface area contributed by atoms with Gasteiger partial charge in [0.1, 0.15) is 11.9 Å². The van der Waals surface area contributed by atoms with Crippen molar-refractivity contribution in [1.82, 2.24) is 24.7 Å². The Bertz CT molecular complexity index is 1240. The Morgan fingerprint density at radius 2 is 2.32 bits per heavy atom. The van der Waals surface area contributed by atoms with Crippen LogP contribution in [0.2, 0.25) is 5.02 Å². The van der Waals surface area contributed by atoms with E-state index in [-0.39, 0.29) is 18.4 Å². The van der Waals surface area contributed by atoms with Gasteiger partial charge in [-0.25, -0.2) is 15.0 Å². The average Bonchev–Trinajstić information content (AvgIpc) is 3.47. The zero-order valence-corrected chi connectivity index (χ0v) is 18.9. The van der Waals surface area contributed by atoms with E-state index in [0.29, 0.717) is 28.9 Å². The number of hydrogen-bond donors (Lipinski definition) is 1. The van der Waals surface area contributed by atoms with Crippen molar-refractivity contribution in [2.75, 3.05) is 12.8 Å². The molecule has 4 aromatic rings. The third-order valence-corrected chi connectivity index (χ3v) is 6.59. The molecule has 0 aliphatic carbocycles. The van der Waals surface area contributed by atoms with Gasteiger partial charge in [-0.1, -0.05) is 23.4 Å². The first-order valence-corrected chi connectivity index (χ1v) is 12.1. The van der Waals surface area contributed by atoms with Crippen LogP contribution in [0, 0.1) is 0 Å². The predicted molar refractivity (Wildman–Crippen MR) is 122 cm³/mol. The number of carbonyl (C=O) groups excluding carboxylic acids is 1. The minimum atomic E-state index is -0.163. The van der Waals surface area contributed by atoms with E-state index in [9.17, 15) is 4.79 Å². The summed E-state index contributed by atoms with van der Waals surface area (Å²) in [7, 11) is 0. The van der Waals surface area contributed by atoms with Crippen molar-refractivity contribution >= 4 is 45.6 Å². The third-order valence-electron chi connectivity index (χ3n) is 4.98. The quantitative estimate of drug-likeness (QED) is 0.339. The van der Waals surface area contributed by atoms with E-state index in [2.05, 4.69) is 20.3 Å². The lowest BCUT2D eigenvalue weighted by molar-refractivity contribution is -0.120. The van der Waals surface area contributed by atoms with Crippen molar-refractivity contribution in [1.29, 1.82) is 0 Å². The fourth-order valence-corrected chi connectivity index (χ4v) is 4.92. The van der Waals surface area contributed by atoms with Crippen LogP contribution in [-0.2, 0) is 17.6 Å². The maximum atomic E-state index is 12.4. The molecule has 0 fully saturated rings. The number of thiazole rings is 1. The molecule has 1 atom stereocenters. The highest BCUT2D eigenvalue weighted by atomic mass is 35.5. The lowest BCUT2D eigenvalue weighted by Gasteiger charge is -2.12. The van der Waals surface area contributed by atoms with Crippen LogP contribution in [0.15, 0.2) is 47.3 Å². The summed E-state index contributed by atoms with van der Waals surface area (Å²) >= 11 is 9.53. The molecule has 1 aromatic carbocycles. The van der Waals surface area contributed by atoms with Crippen LogP contribution in [0.4, 0.5) is 0 Å². The number of carbonyl (C=O) groups is 1. The molecule has 10 heteroatoms. The van der Waals surface area contributed by atoms with E-state index in [4.69, 9.17) is 16.3 Å². The van der Waals surface area contributed by atoms with Gasteiger partial charge in [-0.15, -0.1) is 11.3 Å². The van der Waals surface area contributed by atoms with Crippen molar-refractivity contribution in [3.05, 3.63) is 58.4 Å². The number of fused-ring (bicyclic) bond motifs is 2. The zero-order chi connectivity index (χ0) is 21.4. The summed E-state index contributed by atoms with van der Waals surface area (Å²) in [6, 6.07) is 5.77. The Morgan fingerprint density at radius 1 is 1.42 bits per heavy atom. The molecule has 0 bridgehead atoms. The molecule has 7 nitrogen and oxygen atoms in total. The maximum absolute atomic E-state index is 12.4. The van der Waals surface area contributed by atoms with Crippen LogP contribution in [0.1, 0.15) is 11.3 Å². The van der Waals surface area contributed by atoms with Crippen molar-refractivity contribution in [3.8, 4) is 17.0 Å². The van der Waals surface area contributed by atoms with E-state index in [0.717, 1.165) is 27.5 Å². The van der Waals surface area contributed by atoms with Gasteiger partial charge in [0.05, 0.1) is 29.4 Å². The zero-order valence-electron chi connectivity index (χ0n) is 16.5. The van der Waals surface area contributed by atoms with Gasteiger partial charge in [0.25, 0.3) is 0 Å². The van der Waals surface area contributed by atoms with Gasteiger partial charge in [-0.05, 0) is 24.5 Å². The predicted octanol–water partition coefficient (Wildman–Crippen LogP) is 3.89. The first kappa shape index (κ1) is 20.3. The topological polar surface area (TPSA) is 81.4 Å². The first-order valence-electron chi connectivity index (χ1n) is 9.63. The largest absolute Gasteiger partial charge is 0.486 e. The number of amides is 1. The van der Waals surface area contributed by atoms with Gasteiger partial charge in [-0.2, -0.15) is 0 Å². The molecular formula is C21H18ClN5O2S2. The smallest absolute Gasteiger partial charge is 0.226 e. The van der Waals surface area contributed by atoms with E-state index < -0.39 is 0 Å². The highest BCUT2D eigenvalue weighted by molar-refractivity contribution is 7.98. The minimum absolute atomic E-state index is 0.0809. The van der Waals surface area contributed by atoms with Crippen LogP contribution in [0.5, 0.6) is 5.75 Å². The molecule has 1 aliphatic heterocycles. The summed E-state index contributed by atoms with van der Waals surface area (Å²) in [5.41, 5.74) is 3.51. The number of nitrogens with zero attached hydrogens (tertiary/aromatic N) is 4. The van der Waals surface area contributed by atoms with Crippen LogP contribution in [0.25, 0.3) is 16.2 Å². The fourth-order valence-electron chi connectivity index (χ4n) is 3.57. The van der Waals surface area contributed by atoms with Gasteiger partial charge < -0.3 is 10.1 Å². The summed E-state index contributed by atoms with van der Waals surface area (Å²) in [6.45, 7) is 0.408. The van der Waals surface area contributed by atoms with Crippen LogP contribution in [0.3, 0.4) is 0 Å². The summed E-state index contributed by atoms with van der Waals surface area (Å²) in [5.74, 6) is 0.598. The molecule has 0 spiro atoms. The standard InChI is InChI=1S/C21H18ClN5O2S2/c1-30-20-23-3-2-17(26-20)12-6-13-7-15(29-19(13)16(22)8-12)10-24-18(28)9-14-11-27-4-5-31-21(27)25-14/h2-6,8,11,15H,7,9-10H2,1H3,(H,24,28). The van der Waals surface area contributed by atoms with Gasteiger partial charge >= 0.3 is 0 Å². The van der Waals surface area contributed by atoms with Gasteiger partial charge in [0.15, 0.2) is 10.1 Å². The lowest BCUT2D eigenvalue weighted by Crippen LogP contribution is -2.35. The molecule has 1 amide bonds. The Balaban J connectivity index is 1.23. The number of aromatic nitrogens is 4. The van der Waals surface area contributed by atoms with Crippen molar-refractivity contribution in [2.24, 2.45) is 0 Å². The monoisotopic (exact) mass is 471 g/mol. The van der Waals surface area contributed by atoms with Crippen LogP contribution < -0.4 is 10.1 Å². The van der Waals surface area contributed by atoms with Gasteiger partial charge in [0, 0.05) is 41.5 Å². The SMILES string of the molecule is CSc1nccc(-c2cc(Cl)c3c(c2)CC(CNC(=O)Cc2cn4ccsc4n2)O3)n1. The average molecular weight is 472 g/mol. The Morgan fingerprint density at radius 3 is 3.16 bits per heavy atom.